The molecule has 9 nitrogen and oxygen atoms in total. The van der Waals surface area contributed by atoms with Gasteiger partial charge in [0.25, 0.3) is 0 Å². The minimum atomic E-state index is -4.96. The van der Waals surface area contributed by atoms with Gasteiger partial charge in [-0.05, 0) is 19.3 Å². The predicted molar refractivity (Wildman–Crippen MR) is 89.1 cm³/mol. The van der Waals surface area contributed by atoms with Crippen molar-refractivity contribution in [2.75, 3.05) is 19.7 Å². The number of rotatable bonds is 9. The SMILES string of the molecule is C=CCOC(=O)N1C[C@@H](CC(=O)O)NC(=O)[C@@H]1CCCCNC(=O)C(F)(F)F. The lowest BCUT2D eigenvalue weighted by Gasteiger charge is -2.38. The molecule has 1 saturated heterocycles. The smallest absolute Gasteiger partial charge is 0.471 e. The maximum absolute atomic E-state index is 12.3. The zero-order valence-electron chi connectivity index (χ0n) is 15.0. The number of amides is 3. The number of alkyl halides is 3. The highest BCUT2D eigenvalue weighted by Crippen LogP contribution is 2.18. The Hall–Kier alpha value is -2.79. The zero-order chi connectivity index (χ0) is 21.3. The van der Waals surface area contributed by atoms with Crippen LogP contribution in [0, 0.1) is 0 Å². The molecule has 0 aromatic carbocycles. The van der Waals surface area contributed by atoms with Crippen molar-refractivity contribution in [3.63, 3.8) is 0 Å². The Morgan fingerprint density at radius 3 is 2.61 bits per heavy atom. The average Bonchev–Trinajstić information content (AvgIpc) is 2.58. The molecular weight excluding hydrogens is 387 g/mol. The topological polar surface area (TPSA) is 125 Å². The molecule has 1 aliphatic heterocycles. The van der Waals surface area contributed by atoms with Crippen LogP contribution in [0.2, 0.25) is 0 Å². The van der Waals surface area contributed by atoms with Crippen molar-refractivity contribution >= 4 is 23.9 Å². The third kappa shape index (κ3) is 7.45. The summed E-state index contributed by atoms with van der Waals surface area (Å²) in [4.78, 5) is 47.1. The summed E-state index contributed by atoms with van der Waals surface area (Å²) in [6.07, 6.45) is -4.34. The summed E-state index contributed by atoms with van der Waals surface area (Å²) < 4.78 is 41.2. The van der Waals surface area contributed by atoms with Gasteiger partial charge in [-0.3, -0.25) is 19.3 Å². The summed E-state index contributed by atoms with van der Waals surface area (Å²) in [6.45, 7) is 2.98. The summed E-state index contributed by atoms with van der Waals surface area (Å²) in [6, 6.07) is -1.75. The van der Waals surface area contributed by atoms with Crippen LogP contribution in [-0.2, 0) is 19.1 Å². The molecule has 0 aromatic rings. The van der Waals surface area contributed by atoms with Gasteiger partial charge in [0.1, 0.15) is 12.6 Å². The van der Waals surface area contributed by atoms with Gasteiger partial charge in [0, 0.05) is 13.1 Å². The highest BCUT2D eigenvalue weighted by molar-refractivity contribution is 5.87. The number of unbranched alkanes of at least 4 members (excludes halogenated alkanes) is 1. The molecule has 1 heterocycles. The second-order valence-corrected chi connectivity index (χ2v) is 6.09. The van der Waals surface area contributed by atoms with Crippen LogP contribution in [0.15, 0.2) is 12.7 Å². The molecule has 1 fully saturated rings. The molecule has 0 saturated carbocycles. The van der Waals surface area contributed by atoms with Crippen LogP contribution in [0.5, 0.6) is 0 Å². The number of carbonyl (C=O) groups excluding carboxylic acids is 3. The Kier molecular flexibility index (Phi) is 8.74. The summed E-state index contributed by atoms with van der Waals surface area (Å²) in [5, 5.41) is 13.1. The molecule has 158 valence electrons. The van der Waals surface area contributed by atoms with Gasteiger partial charge in [-0.2, -0.15) is 13.2 Å². The van der Waals surface area contributed by atoms with Gasteiger partial charge in [-0.1, -0.05) is 12.7 Å². The van der Waals surface area contributed by atoms with Crippen molar-refractivity contribution in [2.24, 2.45) is 0 Å². The number of aliphatic carboxylic acids is 1. The van der Waals surface area contributed by atoms with E-state index in [2.05, 4.69) is 11.9 Å². The third-order valence-corrected chi connectivity index (χ3v) is 3.87. The minimum absolute atomic E-state index is 0.0799. The van der Waals surface area contributed by atoms with E-state index in [1.807, 2.05) is 0 Å². The molecule has 1 rings (SSSR count). The van der Waals surface area contributed by atoms with Crippen molar-refractivity contribution in [2.45, 2.75) is 43.9 Å². The standard InChI is InChI=1S/C16H22F3N3O6/c1-2-7-28-15(27)22-9-10(8-12(23)24)21-13(25)11(22)5-3-4-6-20-14(26)16(17,18)19/h2,10-11H,1,3-9H2,(H,20,26)(H,21,25)(H,23,24)/t10-,11+/m1/s1. The molecule has 12 heteroatoms. The lowest BCUT2D eigenvalue weighted by atomic mass is 10.0. The summed E-state index contributed by atoms with van der Waals surface area (Å²) in [7, 11) is 0. The van der Waals surface area contributed by atoms with E-state index >= 15 is 0 Å². The van der Waals surface area contributed by atoms with Gasteiger partial charge >= 0.3 is 24.1 Å². The Morgan fingerprint density at radius 2 is 2.04 bits per heavy atom. The van der Waals surface area contributed by atoms with Crippen LogP contribution in [0.3, 0.4) is 0 Å². The number of carboxylic acids is 1. The van der Waals surface area contributed by atoms with Gasteiger partial charge in [0.15, 0.2) is 0 Å². The van der Waals surface area contributed by atoms with E-state index in [1.165, 1.54) is 6.08 Å². The van der Waals surface area contributed by atoms with Crippen molar-refractivity contribution in [3.05, 3.63) is 12.7 Å². The number of carbonyl (C=O) groups is 4. The highest BCUT2D eigenvalue weighted by atomic mass is 19.4. The van der Waals surface area contributed by atoms with E-state index in [4.69, 9.17) is 9.84 Å². The van der Waals surface area contributed by atoms with Gasteiger partial charge in [-0.25, -0.2) is 4.79 Å². The van der Waals surface area contributed by atoms with E-state index in [1.54, 1.807) is 5.32 Å². The van der Waals surface area contributed by atoms with Crippen LogP contribution in [0.4, 0.5) is 18.0 Å². The maximum atomic E-state index is 12.3. The number of nitrogens with one attached hydrogen (secondary N) is 2. The fraction of sp³-hybridized carbons (Fsp3) is 0.625. The lowest BCUT2D eigenvalue weighted by Crippen LogP contribution is -2.62. The van der Waals surface area contributed by atoms with Gasteiger partial charge in [-0.15, -0.1) is 0 Å². The average molecular weight is 409 g/mol. The molecule has 0 radical (unpaired) electrons. The fourth-order valence-electron chi connectivity index (χ4n) is 2.64. The maximum Gasteiger partial charge on any atom is 0.471 e. The molecular formula is C16H22F3N3O6. The molecule has 1 aliphatic rings. The summed E-state index contributed by atoms with van der Waals surface area (Å²) >= 11 is 0. The van der Waals surface area contributed by atoms with E-state index in [9.17, 15) is 32.3 Å². The van der Waals surface area contributed by atoms with E-state index < -0.39 is 42.1 Å². The zero-order valence-corrected chi connectivity index (χ0v) is 15.0. The first-order valence-electron chi connectivity index (χ1n) is 8.47. The van der Waals surface area contributed by atoms with Crippen molar-refractivity contribution in [1.29, 1.82) is 0 Å². The largest absolute Gasteiger partial charge is 0.481 e. The highest BCUT2D eigenvalue weighted by Gasteiger charge is 2.39. The molecule has 0 aromatic heterocycles. The molecule has 2 atom stereocenters. The number of hydrogen-bond donors (Lipinski definition) is 3. The van der Waals surface area contributed by atoms with Crippen LogP contribution in [0.25, 0.3) is 0 Å². The van der Waals surface area contributed by atoms with E-state index in [-0.39, 0.29) is 45.4 Å². The number of nitrogens with zero attached hydrogens (tertiary/aromatic N) is 1. The monoisotopic (exact) mass is 409 g/mol. The second kappa shape index (κ2) is 10.5. The number of halogens is 3. The van der Waals surface area contributed by atoms with Crippen molar-refractivity contribution in [3.8, 4) is 0 Å². The predicted octanol–water partition coefficient (Wildman–Crippen LogP) is 0.801. The van der Waals surface area contributed by atoms with Crippen LogP contribution < -0.4 is 10.6 Å². The first-order chi connectivity index (χ1) is 13.1. The number of ether oxygens (including phenoxy) is 1. The first kappa shape index (κ1) is 23.2. The molecule has 3 amide bonds. The summed E-state index contributed by atoms with van der Waals surface area (Å²) in [5.41, 5.74) is 0. The molecule has 28 heavy (non-hydrogen) atoms. The fourth-order valence-corrected chi connectivity index (χ4v) is 2.64. The van der Waals surface area contributed by atoms with E-state index in [0.29, 0.717) is 0 Å². The Bertz CT molecular complexity index is 611. The van der Waals surface area contributed by atoms with Gasteiger partial charge in [0.2, 0.25) is 5.91 Å². The molecule has 3 N–H and O–H groups in total. The first-order valence-corrected chi connectivity index (χ1v) is 8.47. The van der Waals surface area contributed by atoms with Gasteiger partial charge < -0.3 is 20.5 Å². The third-order valence-electron chi connectivity index (χ3n) is 3.87. The number of carboxylic acid groups (broad SMARTS) is 1. The Labute approximate surface area is 158 Å². The minimum Gasteiger partial charge on any atom is -0.481 e. The van der Waals surface area contributed by atoms with Gasteiger partial charge in [0.05, 0.1) is 12.5 Å². The van der Waals surface area contributed by atoms with Crippen molar-refractivity contribution < 1.29 is 42.2 Å². The normalized spacial score (nSPS) is 19.5. The Balaban J connectivity index is 2.62. The van der Waals surface area contributed by atoms with E-state index in [0.717, 1.165) is 4.90 Å². The van der Waals surface area contributed by atoms with Crippen LogP contribution in [0.1, 0.15) is 25.7 Å². The lowest BCUT2D eigenvalue weighted by molar-refractivity contribution is -0.173. The quantitative estimate of drug-likeness (QED) is 0.382. The molecule has 0 spiro atoms. The van der Waals surface area contributed by atoms with Crippen LogP contribution in [-0.4, -0.2) is 71.8 Å². The van der Waals surface area contributed by atoms with Crippen molar-refractivity contribution in [1.82, 2.24) is 15.5 Å². The number of hydrogen-bond acceptors (Lipinski definition) is 5. The molecule has 0 aliphatic carbocycles. The molecule has 0 bridgehead atoms. The number of piperazine rings is 1. The second-order valence-electron chi connectivity index (χ2n) is 6.09. The molecule has 0 unspecified atom stereocenters. The Morgan fingerprint density at radius 1 is 1.36 bits per heavy atom. The van der Waals surface area contributed by atoms with Crippen LogP contribution >= 0.6 is 0 Å². The summed E-state index contributed by atoms with van der Waals surface area (Å²) in [5.74, 6) is -3.77.